The first-order valence-corrected chi connectivity index (χ1v) is 5.14. The van der Waals surface area contributed by atoms with Crippen LogP contribution in [0.25, 0.3) is 0 Å². The smallest absolute Gasteiger partial charge is 0.134 e. The lowest BCUT2D eigenvalue weighted by atomic mass is 9.92. The second-order valence-corrected chi connectivity index (χ2v) is 3.85. The molecule has 1 saturated heterocycles. The lowest BCUT2D eigenvalue weighted by Gasteiger charge is -2.23. The number of aromatic nitrogens is 1. The molecule has 0 radical (unpaired) electrons. The summed E-state index contributed by atoms with van der Waals surface area (Å²) in [6, 6.07) is 1.80. The number of ether oxygens (including phenoxy) is 1. The van der Waals surface area contributed by atoms with Gasteiger partial charge in [0, 0.05) is 30.7 Å². The average Bonchev–Trinajstić information content (AvgIpc) is 2.19. The molecule has 1 fully saturated rings. The largest absolute Gasteiger partial charge is 0.398 e. The maximum Gasteiger partial charge on any atom is 0.134 e. The zero-order valence-corrected chi connectivity index (χ0v) is 8.63. The molecule has 1 aromatic heterocycles. The molecule has 76 valence electrons. The highest BCUT2D eigenvalue weighted by Crippen LogP contribution is 2.34. The number of hydrogen-bond acceptors (Lipinski definition) is 3. The van der Waals surface area contributed by atoms with Crippen LogP contribution in [0.3, 0.4) is 0 Å². The molecule has 3 nitrogen and oxygen atoms in total. The van der Waals surface area contributed by atoms with E-state index in [0.29, 0.717) is 11.1 Å². The number of halogens is 1. The van der Waals surface area contributed by atoms with Gasteiger partial charge in [0.1, 0.15) is 5.15 Å². The van der Waals surface area contributed by atoms with Gasteiger partial charge in [0.25, 0.3) is 0 Å². The fourth-order valence-corrected chi connectivity index (χ4v) is 2.17. The first-order valence-electron chi connectivity index (χ1n) is 4.76. The first-order chi connectivity index (χ1) is 6.79. The summed E-state index contributed by atoms with van der Waals surface area (Å²) in [5.74, 6) is 0.407. The maximum absolute atomic E-state index is 6.03. The molecule has 0 amide bonds. The summed E-state index contributed by atoms with van der Waals surface area (Å²) in [6.07, 6.45) is 3.60. The fourth-order valence-electron chi connectivity index (χ4n) is 1.85. The van der Waals surface area contributed by atoms with E-state index in [9.17, 15) is 0 Å². The van der Waals surface area contributed by atoms with Gasteiger partial charge in [-0.3, -0.25) is 0 Å². The van der Waals surface area contributed by atoms with Crippen molar-refractivity contribution in [1.82, 2.24) is 4.98 Å². The molecule has 0 aromatic carbocycles. The molecule has 1 aromatic rings. The minimum atomic E-state index is 0.407. The molecule has 2 N–H and O–H groups in total. The predicted molar refractivity (Wildman–Crippen MR) is 56.5 cm³/mol. The van der Waals surface area contributed by atoms with Gasteiger partial charge in [-0.25, -0.2) is 4.98 Å². The van der Waals surface area contributed by atoms with Crippen molar-refractivity contribution in [2.24, 2.45) is 0 Å². The summed E-state index contributed by atoms with van der Waals surface area (Å²) in [5.41, 5.74) is 7.63. The van der Waals surface area contributed by atoms with Gasteiger partial charge < -0.3 is 10.5 Å². The minimum absolute atomic E-state index is 0.407. The third kappa shape index (κ3) is 1.83. The first kappa shape index (κ1) is 9.74. The molecule has 0 saturated carbocycles. The monoisotopic (exact) mass is 212 g/mol. The van der Waals surface area contributed by atoms with E-state index in [1.54, 1.807) is 12.3 Å². The predicted octanol–water partition coefficient (Wildman–Crippen LogP) is 2.21. The van der Waals surface area contributed by atoms with Crippen LogP contribution in [0.4, 0.5) is 5.69 Å². The highest BCUT2D eigenvalue weighted by molar-refractivity contribution is 6.30. The highest BCUT2D eigenvalue weighted by atomic mass is 35.5. The molecular formula is C10H13ClN2O. The topological polar surface area (TPSA) is 48.1 Å². The van der Waals surface area contributed by atoms with E-state index < -0.39 is 0 Å². The van der Waals surface area contributed by atoms with E-state index in [1.807, 2.05) is 0 Å². The SMILES string of the molecule is Nc1ccnc(Cl)c1C1CCOCC1. The minimum Gasteiger partial charge on any atom is -0.398 e. The Morgan fingerprint density at radius 2 is 2.14 bits per heavy atom. The molecule has 0 aliphatic carbocycles. The van der Waals surface area contributed by atoms with Gasteiger partial charge in [-0.2, -0.15) is 0 Å². The van der Waals surface area contributed by atoms with Crippen molar-refractivity contribution in [1.29, 1.82) is 0 Å². The molecule has 0 atom stereocenters. The third-order valence-electron chi connectivity index (χ3n) is 2.60. The molecule has 14 heavy (non-hydrogen) atoms. The molecular weight excluding hydrogens is 200 g/mol. The van der Waals surface area contributed by atoms with Crippen LogP contribution in [0.2, 0.25) is 5.15 Å². The van der Waals surface area contributed by atoms with Gasteiger partial charge in [-0.15, -0.1) is 0 Å². The lowest BCUT2D eigenvalue weighted by Crippen LogP contribution is -2.16. The number of nitrogens with two attached hydrogens (primary N) is 1. The molecule has 4 heteroatoms. The van der Waals surface area contributed by atoms with E-state index in [-0.39, 0.29) is 0 Å². The summed E-state index contributed by atoms with van der Waals surface area (Å²) in [6.45, 7) is 1.57. The van der Waals surface area contributed by atoms with Crippen LogP contribution in [0.15, 0.2) is 12.3 Å². The Kier molecular flexibility index (Phi) is 2.89. The number of rotatable bonds is 1. The van der Waals surface area contributed by atoms with Gasteiger partial charge in [0.2, 0.25) is 0 Å². The van der Waals surface area contributed by atoms with Gasteiger partial charge in [-0.1, -0.05) is 11.6 Å². The van der Waals surface area contributed by atoms with Gasteiger partial charge in [0.05, 0.1) is 0 Å². The summed E-state index contributed by atoms with van der Waals surface area (Å²) in [4.78, 5) is 4.06. The second-order valence-electron chi connectivity index (χ2n) is 3.49. The molecule has 1 aliphatic heterocycles. The highest BCUT2D eigenvalue weighted by Gasteiger charge is 2.20. The van der Waals surface area contributed by atoms with Crippen molar-refractivity contribution in [3.63, 3.8) is 0 Å². The Hall–Kier alpha value is -0.800. The van der Waals surface area contributed by atoms with E-state index in [2.05, 4.69) is 4.98 Å². The zero-order chi connectivity index (χ0) is 9.97. The van der Waals surface area contributed by atoms with Crippen molar-refractivity contribution in [3.05, 3.63) is 23.0 Å². The molecule has 2 rings (SSSR count). The van der Waals surface area contributed by atoms with Crippen molar-refractivity contribution in [2.75, 3.05) is 18.9 Å². The van der Waals surface area contributed by atoms with Crippen molar-refractivity contribution in [2.45, 2.75) is 18.8 Å². The summed E-state index contributed by atoms with van der Waals surface area (Å²) >= 11 is 6.03. The quantitative estimate of drug-likeness (QED) is 0.727. The van der Waals surface area contributed by atoms with Gasteiger partial charge in [0.15, 0.2) is 0 Å². The Balaban J connectivity index is 2.29. The standard InChI is InChI=1S/C10H13ClN2O/c11-10-9(8(12)1-4-13-10)7-2-5-14-6-3-7/h1,4,7H,2-3,5-6H2,(H2,12,13). The number of anilines is 1. The summed E-state index contributed by atoms with van der Waals surface area (Å²) in [7, 11) is 0. The number of nitrogen functional groups attached to an aromatic ring is 1. The Morgan fingerprint density at radius 1 is 1.43 bits per heavy atom. The second kappa shape index (κ2) is 4.15. The number of nitrogens with zero attached hydrogens (tertiary/aromatic N) is 1. The van der Waals surface area contributed by atoms with Gasteiger partial charge >= 0.3 is 0 Å². The number of pyridine rings is 1. The lowest BCUT2D eigenvalue weighted by molar-refractivity contribution is 0.0854. The molecule has 0 bridgehead atoms. The average molecular weight is 213 g/mol. The van der Waals surface area contributed by atoms with E-state index in [0.717, 1.165) is 37.3 Å². The van der Waals surface area contributed by atoms with E-state index >= 15 is 0 Å². The normalized spacial score (nSPS) is 18.4. The summed E-state index contributed by atoms with van der Waals surface area (Å²) < 4.78 is 5.30. The van der Waals surface area contributed by atoms with E-state index in [4.69, 9.17) is 22.1 Å². The van der Waals surface area contributed by atoms with E-state index in [1.165, 1.54) is 0 Å². The van der Waals surface area contributed by atoms with Crippen LogP contribution in [0.1, 0.15) is 24.3 Å². The van der Waals surface area contributed by atoms with Crippen LogP contribution in [-0.2, 0) is 4.74 Å². The van der Waals surface area contributed by atoms with Gasteiger partial charge in [-0.05, 0) is 24.8 Å². The number of hydrogen-bond donors (Lipinski definition) is 1. The van der Waals surface area contributed by atoms with Crippen LogP contribution in [0.5, 0.6) is 0 Å². The third-order valence-corrected chi connectivity index (χ3v) is 2.91. The zero-order valence-electron chi connectivity index (χ0n) is 7.87. The fraction of sp³-hybridized carbons (Fsp3) is 0.500. The molecule has 0 unspecified atom stereocenters. The van der Waals surface area contributed by atoms with Crippen LogP contribution in [-0.4, -0.2) is 18.2 Å². The Bertz CT molecular complexity index is 304. The van der Waals surface area contributed by atoms with Crippen molar-refractivity contribution >= 4 is 17.3 Å². The maximum atomic E-state index is 6.03. The van der Waals surface area contributed by atoms with Crippen LogP contribution in [0, 0.1) is 0 Å². The Morgan fingerprint density at radius 3 is 2.79 bits per heavy atom. The molecule has 1 aliphatic rings. The molecule has 2 heterocycles. The van der Waals surface area contributed by atoms with Crippen molar-refractivity contribution < 1.29 is 4.74 Å². The molecule has 0 spiro atoms. The Labute approximate surface area is 88.2 Å². The van der Waals surface area contributed by atoms with Crippen LogP contribution < -0.4 is 5.73 Å². The van der Waals surface area contributed by atoms with Crippen molar-refractivity contribution in [3.8, 4) is 0 Å². The summed E-state index contributed by atoms with van der Waals surface area (Å²) in [5, 5.41) is 0.539. The van der Waals surface area contributed by atoms with Crippen LogP contribution >= 0.6 is 11.6 Å².